The summed E-state index contributed by atoms with van der Waals surface area (Å²) in [6.07, 6.45) is 2.55. The predicted molar refractivity (Wildman–Crippen MR) is 83.9 cm³/mol. The number of pyridine rings is 1. The quantitative estimate of drug-likeness (QED) is 0.886. The van der Waals surface area contributed by atoms with Gasteiger partial charge in [0.15, 0.2) is 0 Å². The first-order chi connectivity index (χ1) is 10.0. The van der Waals surface area contributed by atoms with Crippen LogP contribution in [-0.2, 0) is 10.0 Å². The zero-order valence-corrected chi connectivity index (χ0v) is 13.7. The lowest BCUT2D eigenvalue weighted by Gasteiger charge is -2.38. The Morgan fingerprint density at radius 1 is 1.38 bits per heavy atom. The summed E-state index contributed by atoms with van der Waals surface area (Å²) >= 11 is 0. The average molecular weight is 312 g/mol. The molecule has 0 aromatic carbocycles. The fraction of sp³-hybridized carbons (Fsp3) is 0.643. The molecule has 0 radical (unpaired) electrons. The van der Waals surface area contributed by atoms with E-state index in [0.29, 0.717) is 25.5 Å². The summed E-state index contributed by atoms with van der Waals surface area (Å²) in [5, 5.41) is 3.03. The van der Waals surface area contributed by atoms with E-state index in [0.717, 1.165) is 13.0 Å². The van der Waals surface area contributed by atoms with Crippen LogP contribution in [0.3, 0.4) is 0 Å². The van der Waals surface area contributed by atoms with Crippen LogP contribution in [0.5, 0.6) is 0 Å². The predicted octanol–water partition coefficient (Wildman–Crippen LogP) is 1.23. The molecule has 118 valence electrons. The molecule has 0 spiro atoms. The Labute approximate surface area is 127 Å². The minimum atomic E-state index is -3.50. The van der Waals surface area contributed by atoms with Crippen LogP contribution < -0.4 is 5.32 Å². The Bertz CT molecular complexity index is 576. The van der Waals surface area contributed by atoms with E-state index in [2.05, 4.69) is 22.1 Å². The zero-order valence-electron chi connectivity index (χ0n) is 12.9. The highest BCUT2D eigenvalue weighted by Crippen LogP contribution is 2.24. The van der Waals surface area contributed by atoms with E-state index in [-0.39, 0.29) is 10.9 Å². The molecule has 0 aliphatic carbocycles. The minimum absolute atomic E-state index is 0.270. The van der Waals surface area contributed by atoms with Crippen molar-refractivity contribution in [3.63, 3.8) is 0 Å². The smallest absolute Gasteiger partial charge is 0.246 e. The van der Waals surface area contributed by atoms with Crippen LogP contribution in [-0.4, -0.2) is 61.9 Å². The molecule has 1 atom stereocenters. The van der Waals surface area contributed by atoms with Gasteiger partial charge in [0.05, 0.1) is 0 Å². The van der Waals surface area contributed by atoms with Gasteiger partial charge in [0.1, 0.15) is 10.7 Å². The number of aromatic nitrogens is 1. The van der Waals surface area contributed by atoms with E-state index in [1.165, 1.54) is 0 Å². The number of sulfonamides is 1. The van der Waals surface area contributed by atoms with Gasteiger partial charge in [-0.05, 0) is 32.5 Å². The molecule has 1 saturated heterocycles. The summed E-state index contributed by atoms with van der Waals surface area (Å²) in [7, 11) is -1.45. The van der Waals surface area contributed by atoms with Crippen molar-refractivity contribution < 1.29 is 8.42 Å². The second-order valence-corrected chi connectivity index (χ2v) is 7.19. The van der Waals surface area contributed by atoms with Gasteiger partial charge >= 0.3 is 0 Å². The second-order valence-electron chi connectivity index (χ2n) is 5.29. The van der Waals surface area contributed by atoms with Gasteiger partial charge in [-0.15, -0.1) is 0 Å². The van der Waals surface area contributed by atoms with E-state index in [1.54, 1.807) is 22.6 Å². The van der Waals surface area contributed by atoms with E-state index < -0.39 is 10.0 Å². The summed E-state index contributed by atoms with van der Waals surface area (Å²) in [4.78, 5) is 6.65. The van der Waals surface area contributed by atoms with E-state index in [4.69, 9.17) is 0 Å². The average Bonchev–Trinajstić information content (AvgIpc) is 2.48. The number of piperazine rings is 1. The van der Waals surface area contributed by atoms with E-state index in [1.807, 2.05) is 14.0 Å². The highest BCUT2D eigenvalue weighted by Gasteiger charge is 2.33. The monoisotopic (exact) mass is 312 g/mol. The summed E-state index contributed by atoms with van der Waals surface area (Å²) in [5.74, 6) is 0.437. The van der Waals surface area contributed by atoms with Gasteiger partial charge in [-0.1, -0.05) is 6.92 Å². The van der Waals surface area contributed by atoms with Crippen LogP contribution in [0.1, 0.15) is 20.3 Å². The maximum Gasteiger partial charge on any atom is 0.246 e. The SMILES string of the molecule is CCNc1ncccc1S(=O)(=O)N1CCN(C)C(CC)C1. The molecule has 1 aromatic heterocycles. The first-order valence-electron chi connectivity index (χ1n) is 7.40. The molecule has 0 amide bonds. The number of likely N-dealkylation sites (N-methyl/N-ethyl adjacent to an activating group) is 1. The highest BCUT2D eigenvalue weighted by molar-refractivity contribution is 7.89. The van der Waals surface area contributed by atoms with E-state index >= 15 is 0 Å². The van der Waals surface area contributed by atoms with Crippen molar-refractivity contribution in [2.45, 2.75) is 31.2 Å². The van der Waals surface area contributed by atoms with Crippen LogP contribution in [0.4, 0.5) is 5.82 Å². The van der Waals surface area contributed by atoms with Crippen LogP contribution in [0, 0.1) is 0 Å². The lowest BCUT2D eigenvalue weighted by atomic mass is 10.1. The van der Waals surface area contributed by atoms with Crippen molar-refractivity contribution in [1.29, 1.82) is 0 Å². The second kappa shape index (κ2) is 6.72. The molecule has 7 heteroatoms. The first kappa shape index (κ1) is 16.2. The Morgan fingerprint density at radius 2 is 2.14 bits per heavy atom. The van der Waals surface area contributed by atoms with Gasteiger partial charge < -0.3 is 10.2 Å². The van der Waals surface area contributed by atoms with Crippen molar-refractivity contribution in [3.8, 4) is 0 Å². The maximum atomic E-state index is 12.9. The first-order valence-corrected chi connectivity index (χ1v) is 8.84. The summed E-state index contributed by atoms with van der Waals surface area (Å²) in [6.45, 7) is 6.47. The molecule has 2 rings (SSSR count). The van der Waals surface area contributed by atoms with Crippen molar-refractivity contribution in [2.75, 3.05) is 38.5 Å². The van der Waals surface area contributed by atoms with Gasteiger partial charge in [0.2, 0.25) is 10.0 Å². The molecular weight excluding hydrogens is 288 g/mol. The van der Waals surface area contributed by atoms with Crippen molar-refractivity contribution in [1.82, 2.24) is 14.2 Å². The van der Waals surface area contributed by atoms with E-state index in [9.17, 15) is 8.42 Å². The van der Waals surface area contributed by atoms with Crippen LogP contribution in [0.2, 0.25) is 0 Å². The lowest BCUT2D eigenvalue weighted by Crippen LogP contribution is -2.52. The number of hydrogen-bond acceptors (Lipinski definition) is 5. The summed E-state index contributed by atoms with van der Waals surface area (Å²) in [6, 6.07) is 3.56. The Morgan fingerprint density at radius 3 is 2.81 bits per heavy atom. The topological polar surface area (TPSA) is 65.5 Å². The molecule has 1 aliphatic rings. The van der Waals surface area contributed by atoms with Gasteiger partial charge in [0, 0.05) is 38.4 Å². The third kappa shape index (κ3) is 3.36. The normalized spacial score (nSPS) is 21.4. The number of anilines is 1. The van der Waals surface area contributed by atoms with Gasteiger partial charge in [0.25, 0.3) is 0 Å². The number of rotatable bonds is 5. The zero-order chi connectivity index (χ0) is 15.5. The number of nitrogens with one attached hydrogen (secondary N) is 1. The molecule has 0 bridgehead atoms. The van der Waals surface area contributed by atoms with Crippen molar-refractivity contribution in [3.05, 3.63) is 18.3 Å². The lowest BCUT2D eigenvalue weighted by molar-refractivity contribution is 0.144. The summed E-state index contributed by atoms with van der Waals surface area (Å²) < 4.78 is 27.3. The molecule has 2 heterocycles. The molecule has 1 fully saturated rings. The van der Waals surface area contributed by atoms with Gasteiger partial charge in [-0.2, -0.15) is 4.31 Å². The highest BCUT2D eigenvalue weighted by atomic mass is 32.2. The molecular formula is C14H24N4O2S. The Kier molecular flexibility index (Phi) is 5.18. The van der Waals surface area contributed by atoms with Crippen molar-refractivity contribution in [2.24, 2.45) is 0 Å². The Balaban J connectivity index is 2.30. The van der Waals surface area contributed by atoms with Crippen LogP contribution >= 0.6 is 0 Å². The fourth-order valence-electron chi connectivity index (χ4n) is 2.61. The largest absolute Gasteiger partial charge is 0.369 e. The molecule has 6 nitrogen and oxygen atoms in total. The summed E-state index contributed by atoms with van der Waals surface area (Å²) in [5.41, 5.74) is 0. The van der Waals surface area contributed by atoms with Gasteiger partial charge in [-0.3, -0.25) is 0 Å². The molecule has 21 heavy (non-hydrogen) atoms. The molecule has 1 aliphatic heterocycles. The molecule has 1 aromatic rings. The van der Waals surface area contributed by atoms with Crippen LogP contribution in [0.15, 0.2) is 23.2 Å². The van der Waals surface area contributed by atoms with Crippen molar-refractivity contribution >= 4 is 15.8 Å². The minimum Gasteiger partial charge on any atom is -0.369 e. The van der Waals surface area contributed by atoms with Crippen LogP contribution in [0.25, 0.3) is 0 Å². The molecule has 1 unspecified atom stereocenters. The standard InChI is InChI=1S/C14H24N4O2S/c1-4-12-11-18(10-9-17(12)3)21(19,20)13-7-6-8-16-14(13)15-5-2/h6-8,12H,4-5,9-11H2,1-3H3,(H,15,16). The molecule has 1 N–H and O–H groups in total. The molecule has 0 saturated carbocycles. The Hall–Kier alpha value is -1.18. The number of nitrogens with zero attached hydrogens (tertiary/aromatic N) is 3. The maximum absolute atomic E-state index is 12.9. The third-order valence-electron chi connectivity index (χ3n) is 3.94. The van der Waals surface area contributed by atoms with Gasteiger partial charge in [-0.25, -0.2) is 13.4 Å². The third-order valence-corrected chi connectivity index (χ3v) is 5.84. The fourth-order valence-corrected chi connectivity index (χ4v) is 4.20. The number of hydrogen-bond donors (Lipinski definition) is 1.